The number of hydrogen-bond donors (Lipinski definition) is 4. The molecule has 1 fully saturated rings. The van der Waals surface area contributed by atoms with E-state index in [4.69, 9.17) is 5.73 Å². The van der Waals surface area contributed by atoms with Crippen molar-refractivity contribution in [1.82, 2.24) is 20.6 Å². The Hall–Kier alpha value is -3.17. The van der Waals surface area contributed by atoms with Crippen LogP contribution in [-0.4, -0.2) is 54.0 Å². The van der Waals surface area contributed by atoms with E-state index in [1.807, 2.05) is 6.07 Å². The zero-order valence-corrected chi connectivity index (χ0v) is 18.5. The molecule has 8 nitrogen and oxygen atoms in total. The number of rotatable bonds is 5. The number of H-pyrrole nitrogens is 1. The van der Waals surface area contributed by atoms with E-state index in [9.17, 15) is 9.59 Å². The summed E-state index contributed by atoms with van der Waals surface area (Å²) < 4.78 is 0. The van der Waals surface area contributed by atoms with Crippen molar-refractivity contribution in [2.75, 3.05) is 31.1 Å². The van der Waals surface area contributed by atoms with E-state index in [0.29, 0.717) is 17.1 Å². The van der Waals surface area contributed by atoms with Gasteiger partial charge in [0, 0.05) is 54.0 Å². The van der Waals surface area contributed by atoms with E-state index in [1.54, 1.807) is 17.6 Å². The van der Waals surface area contributed by atoms with Crippen LogP contribution in [0.2, 0.25) is 0 Å². The Kier molecular flexibility index (Phi) is 5.67. The molecule has 1 atom stereocenters. The summed E-state index contributed by atoms with van der Waals surface area (Å²) in [4.78, 5) is 34.4. The van der Waals surface area contributed by atoms with Gasteiger partial charge in [0.05, 0.1) is 11.1 Å². The number of aromatic nitrogens is 2. The number of piperidine rings is 1. The van der Waals surface area contributed by atoms with Crippen molar-refractivity contribution in [2.45, 2.75) is 25.3 Å². The lowest BCUT2D eigenvalue weighted by Crippen LogP contribution is -2.47. The summed E-state index contributed by atoms with van der Waals surface area (Å²) in [5.41, 5.74) is 10.3. The molecule has 0 radical (unpaired) electrons. The summed E-state index contributed by atoms with van der Waals surface area (Å²) >= 11 is 1.34. The third-order valence-corrected chi connectivity index (χ3v) is 6.94. The Morgan fingerprint density at radius 3 is 2.97 bits per heavy atom. The van der Waals surface area contributed by atoms with Crippen LogP contribution in [0.4, 0.5) is 5.69 Å². The first kappa shape index (κ1) is 20.7. The molecular weight excluding hydrogens is 424 g/mol. The Morgan fingerprint density at radius 2 is 2.22 bits per heavy atom. The summed E-state index contributed by atoms with van der Waals surface area (Å²) in [7, 11) is 0. The number of hydrogen-bond acceptors (Lipinski definition) is 6. The van der Waals surface area contributed by atoms with E-state index in [1.165, 1.54) is 16.9 Å². The van der Waals surface area contributed by atoms with Crippen LogP contribution in [0.15, 0.2) is 35.9 Å². The van der Waals surface area contributed by atoms with E-state index >= 15 is 0 Å². The van der Waals surface area contributed by atoms with Gasteiger partial charge in [-0.05, 0) is 49.6 Å². The quantitative estimate of drug-likeness (QED) is 0.477. The van der Waals surface area contributed by atoms with Crippen LogP contribution in [0.25, 0.3) is 16.5 Å². The number of fused-ring (bicyclic) bond motifs is 1. The van der Waals surface area contributed by atoms with Crippen molar-refractivity contribution in [1.29, 1.82) is 0 Å². The number of nitrogens with two attached hydrogens (primary N) is 1. The number of aromatic amines is 1. The van der Waals surface area contributed by atoms with Crippen molar-refractivity contribution in [2.24, 2.45) is 5.73 Å². The third-order valence-electron chi connectivity index (χ3n) is 6.17. The minimum atomic E-state index is -0.443. The molecule has 3 aromatic rings. The highest BCUT2D eigenvalue weighted by atomic mass is 32.1. The molecule has 2 aromatic heterocycles. The van der Waals surface area contributed by atoms with Gasteiger partial charge < -0.3 is 26.3 Å². The van der Waals surface area contributed by atoms with Gasteiger partial charge >= 0.3 is 0 Å². The number of nitrogens with zero attached hydrogens (tertiary/aromatic N) is 2. The summed E-state index contributed by atoms with van der Waals surface area (Å²) in [5, 5.41) is 9.74. The second-order valence-corrected chi connectivity index (χ2v) is 9.14. The maximum atomic E-state index is 12.5. The molecule has 1 aromatic carbocycles. The molecule has 2 aliphatic rings. The highest BCUT2D eigenvalue weighted by Crippen LogP contribution is 2.34. The molecule has 0 unspecified atom stereocenters. The minimum Gasteiger partial charge on any atom is -0.369 e. The van der Waals surface area contributed by atoms with E-state index in [-0.39, 0.29) is 11.9 Å². The Morgan fingerprint density at radius 1 is 1.31 bits per heavy atom. The van der Waals surface area contributed by atoms with E-state index in [0.717, 1.165) is 61.2 Å². The summed E-state index contributed by atoms with van der Waals surface area (Å²) in [6.45, 7) is 3.37. The number of primary amides is 1. The largest absolute Gasteiger partial charge is 0.369 e. The molecule has 0 aliphatic carbocycles. The predicted octanol–water partition coefficient (Wildman–Crippen LogP) is 2.50. The number of nitrogens with one attached hydrogen (secondary N) is 3. The van der Waals surface area contributed by atoms with Crippen LogP contribution in [0.1, 0.15) is 45.1 Å². The second-order valence-electron chi connectivity index (χ2n) is 8.25. The highest BCUT2D eigenvalue weighted by Gasteiger charge is 2.25. The lowest BCUT2D eigenvalue weighted by molar-refractivity contribution is 0.0931. The lowest BCUT2D eigenvalue weighted by Gasteiger charge is -2.35. The maximum absolute atomic E-state index is 12.5. The van der Waals surface area contributed by atoms with Crippen LogP contribution >= 0.6 is 11.3 Å². The minimum absolute atomic E-state index is 0.0385. The standard InChI is InChI=1S/C23H26N6O2S/c24-21(30)16-3-4-19(17-12-18(28-20(16)17)14-5-7-25-8-6-14)29-10-1-2-15(13-29)27-22(31)23-26-9-11-32-23/h3-5,9,11-12,15,25,28H,1-2,6-8,10,13H2,(H2,24,30)(H,27,31)/t15-/m1/s1. The number of thiazole rings is 1. The summed E-state index contributed by atoms with van der Waals surface area (Å²) in [6.07, 6.45) is 6.65. The molecule has 2 amide bonds. The van der Waals surface area contributed by atoms with E-state index < -0.39 is 5.91 Å². The zero-order valence-electron chi connectivity index (χ0n) is 17.7. The molecule has 9 heteroatoms. The smallest absolute Gasteiger partial charge is 0.280 e. The van der Waals surface area contributed by atoms with Crippen LogP contribution in [0, 0.1) is 0 Å². The molecule has 32 heavy (non-hydrogen) atoms. The number of carbonyl (C=O) groups excluding carboxylic acids is 2. The number of carbonyl (C=O) groups is 2. The zero-order chi connectivity index (χ0) is 22.1. The lowest BCUT2D eigenvalue weighted by atomic mass is 10.0. The normalized spacial score (nSPS) is 19.1. The Labute approximate surface area is 189 Å². The van der Waals surface area contributed by atoms with Gasteiger partial charge in [-0.3, -0.25) is 9.59 Å². The van der Waals surface area contributed by atoms with Crippen LogP contribution < -0.4 is 21.3 Å². The van der Waals surface area contributed by atoms with Crippen molar-refractivity contribution < 1.29 is 9.59 Å². The first-order valence-corrected chi connectivity index (χ1v) is 11.8. The number of anilines is 1. The van der Waals surface area contributed by atoms with Gasteiger partial charge in [0.25, 0.3) is 11.8 Å². The Balaban J connectivity index is 1.45. The molecular formula is C23H26N6O2S. The number of amides is 2. The van der Waals surface area contributed by atoms with Crippen molar-refractivity contribution in [3.63, 3.8) is 0 Å². The second kappa shape index (κ2) is 8.76. The predicted molar refractivity (Wildman–Crippen MR) is 127 cm³/mol. The fourth-order valence-corrected chi connectivity index (χ4v) is 5.16. The molecule has 166 valence electrons. The fraction of sp³-hybridized carbons (Fsp3) is 0.348. The van der Waals surface area contributed by atoms with Gasteiger partial charge in [-0.15, -0.1) is 11.3 Å². The van der Waals surface area contributed by atoms with Crippen molar-refractivity contribution in [3.05, 3.63) is 52.1 Å². The maximum Gasteiger partial charge on any atom is 0.280 e. The topological polar surface area (TPSA) is 116 Å². The molecule has 4 heterocycles. The molecule has 5 rings (SSSR count). The SMILES string of the molecule is NC(=O)c1ccc(N2CCC[C@@H](NC(=O)c3nccs3)C2)c2cc(C3=CCNCC3)[nH]c12. The van der Waals surface area contributed by atoms with E-state index in [2.05, 4.69) is 37.6 Å². The molecule has 5 N–H and O–H groups in total. The summed E-state index contributed by atoms with van der Waals surface area (Å²) in [6, 6.07) is 5.94. The first-order valence-electron chi connectivity index (χ1n) is 10.9. The third kappa shape index (κ3) is 4.01. The van der Waals surface area contributed by atoms with Crippen LogP contribution in [0.5, 0.6) is 0 Å². The van der Waals surface area contributed by atoms with Gasteiger partial charge in [0.1, 0.15) is 0 Å². The molecule has 1 saturated heterocycles. The van der Waals surface area contributed by atoms with Crippen LogP contribution in [0.3, 0.4) is 0 Å². The highest BCUT2D eigenvalue weighted by molar-refractivity contribution is 7.11. The average Bonchev–Trinajstić information content (AvgIpc) is 3.49. The molecule has 2 aliphatic heterocycles. The average molecular weight is 451 g/mol. The van der Waals surface area contributed by atoms with Crippen LogP contribution in [-0.2, 0) is 0 Å². The van der Waals surface area contributed by atoms with Gasteiger partial charge in [-0.2, -0.15) is 0 Å². The fourth-order valence-electron chi connectivity index (χ4n) is 4.62. The number of benzene rings is 1. The monoisotopic (exact) mass is 450 g/mol. The van der Waals surface area contributed by atoms with Gasteiger partial charge in [0.15, 0.2) is 5.01 Å². The van der Waals surface area contributed by atoms with Gasteiger partial charge in [-0.1, -0.05) is 6.08 Å². The molecule has 0 saturated carbocycles. The summed E-state index contributed by atoms with van der Waals surface area (Å²) in [5.74, 6) is -0.565. The van der Waals surface area contributed by atoms with Crippen molar-refractivity contribution >= 4 is 45.3 Å². The molecule has 0 bridgehead atoms. The van der Waals surface area contributed by atoms with Gasteiger partial charge in [0.2, 0.25) is 0 Å². The van der Waals surface area contributed by atoms with Gasteiger partial charge in [-0.25, -0.2) is 4.98 Å². The Bertz CT molecular complexity index is 1180. The first-order chi connectivity index (χ1) is 15.6. The van der Waals surface area contributed by atoms with Crippen molar-refractivity contribution in [3.8, 4) is 0 Å². The molecule has 0 spiro atoms.